The maximum Gasteiger partial charge on any atom is 0.337 e. The molecular weight excluding hydrogens is 362 g/mol. The molecular formula is C25H31NO3. The van der Waals surface area contributed by atoms with Crippen LogP contribution in [0.25, 0.3) is 0 Å². The first-order valence-corrected chi connectivity index (χ1v) is 10.5. The van der Waals surface area contributed by atoms with Crippen LogP contribution < -0.4 is 5.73 Å². The third kappa shape index (κ3) is 5.63. The largest absolute Gasteiger partial charge is 0.512 e. The first-order chi connectivity index (χ1) is 14.0. The van der Waals surface area contributed by atoms with E-state index < -0.39 is 5.60 Å². The molecule has 3 rings (SSSR count). The van der Waals surface area contributed by atoms with E-state index in [1.807, 2.05) is 42.5 Å². The van der Waals surface area contributed by atoms with Gasteiger partial charge in [-0.05, 0) is 61.8 Å². The highest BCUT2D eigenvalue weighted by Crippen LogP contribution is 2.37. The Labute approximate surface area is 173 Å². The molecule has 29 heavy (non-hydrogen) atoms. The zero-order chi connectivity index (χ0) is 20.7. The zero-order valence-corrected chi connectivity index (χ0v) is 17.2. The van der Waals surface area contributed by atoms with E-state index in [4.69, 9.17) is 10.5 Å². The van der Waals surface area contributed by atoms with Crippen molar-refractivity contribution in [3.8, 4) is 0 Å². The number of anilines is 1. The number of carbonyl (C=O) groups is 1. The van der Waals surface area contributed by atoms with Gasteiger partial charge >= 0.3 is 5.97 Å². The summed E-state index contributed by atoms with van der Waals surface area (Å²) in [4.78, 5) is 12.7. The molecule has 0 aliphatic carbocycles. The van der Waals surface area contributed by atoms with Gasteiger partial charge in [0.15, 0.2) is 0 Å². The zero-order valence-electron chi connectivity index (χ0n) is 17.2. The minimum Gasteiger partial charge on any atom is -0.512 e. The number of hydrogen-bond donors (Lipinski definition) is 2. The molecule has 0 spiro atoms. The minimum absolute atomic E-state index is 0.204. The van der Waals surface area contributed by atoms with Crippen molar-refractivity contribution in [2.24, 2.45) is 0 Å². The summed E-state index contributed by atoms with van der Waals surface area (Å²) in [5.74, 6) is -0.154. The van der Waals surface area contributed by atoms with E-state index in [0.717, 1.165) is 49.8 Å². The molecule has 2 aromatic rings. The molecule has 0 radical (unpaired) electrons. The Bertz CT molecular complexity index is 859. The summed E-state index contributed by atoms with van der Waals surface area (Å²) < 4.78 is 5.96. The van der Waals surface area contributed by atoms with Gasteiger partial charge in [0.1, 0.15) is 11.4 Å². The summed E-state index contributed by atoms with van der Waals surface area (Å²) in [7, 11) is 0. The Hall–Kier alpha value is -2.75. The monoisotopic (exact) mass is 393 g/mol. The number of nitrogen functional groups attached to an aromatic ring is 1. The van der Waals surface area contributed by atoms with Crippen LogP contribution in [-0.4, -0.2) is 16.7 Å². The number of aliphatic hydroxyl groups is 1. The summed E-state index contributed by atoms with van der Waals surface area (Å²) in [5, 5.41) is 10.7. The number of carbonyl (C=O) groups excluding carboxylic acids is 1. The van der Waals surface area contributed by atoms with Crippen LogP contribution in [0.4, 0.5) is 5.69 Å². The fraction of sp³-hybridized carbons (Fsp3) is 0.400. The number of rotatable bonds is 9. The fourth-order valence-corrected chi connectivity index (χ4v) is 4.16. The lowest BCUT2D eigenvalue weighted by atomic mass is 9.83. The van der Waals surface area contributed by atoms with Crippen LogP contribution in [0.2, 0.25) is 0 Å². The lowest BCUT2D eigenvalue weighted by Crippen LogP contribution is -2.40. The number of esters is 1. The molecule has 4 heteroatoms. The molecule has 2 aromatic carbocycles. The summed E-state index contributed by atoms with van der Waals surface area (Å²) in [6.07, 6.45) is 5.70. The molecule has 0 amide bonds. The molecule has 1 aliphatic heterocycles. The summed E-state index contributed by atoms with van der Waals surface area (Å²) in [6, 6.07) is 18.0. The van der Waals surface area contributed by atoms with Gasteiger partial charge < -0.3 is 15.6 Å². The maximum atomic E-state index is 12.7. The number of nitrogens with two attached hydrogens (primary N) is 1. The number of aliphatic hydroxyl groups excluding tert-OH is 1. The Morgan fingerprint density at radius 2 is 1.76 bits per heavy atom. The van der Waals surface area contributed by atoms with Crippen LogP contribution in [0.5, 0.6) is 0 Å². The molecule has 0 saturated carbocycles. The van der Waals surface area contributed by atoms with Crippen LogP contribution in [0.15, 0.2) is 65.9 Å². The van der Waals surface area contributed by atoms with E-state index in [9.17, 15) is 9.90 Å². The second-order valence-electron chi connectivity index (χ2n) is 8.01. The highest BCUT2D eigenvalue weighted by molar-refractivity contribution is 5.90. The fourth-order valence-electron chi connectivity index (χ4n) is 4.16. The first-order valence-electron chi connectivity index (χ1n) is 10.5. The molecule has 0 unspecified atom stereocenters. The predicted molar refractivity (Wildman–Crippen MR) is 117 cm³/mol. The van der Waals surface area contributed by atoms with Gasteiger partial charge in [0, 0.05) is 12.1 Å². The first kappa shape index (κ1) is 21.0. The van der Waals surface area contributed by atoms with Gasteiger partial charge in [0.05, 0.1) is 5.57 Å². The van der Waals surface area contributed by atoms with Gasteiger partial charge in [-0.3, -0.25) is 0 Å². The molecule has 154 valence electrons. The van der Waals surface area contributed by atoms with Gasteiger partial charge in [0.25, 0.3) is 0 Å². The average molecular weight is 394 g/mol. The molecule has 0 saturated heterocycles. The lowest BCUT2D eigenvalue weighted by molar-refractivity contribution is -0.161. The Morgan fingerprint density at radius 1 is 1.00 bits per heavy atom. The normalized spacial score (nSPS) is 19.3. The van der Waals surface area contributed by atoms with Crippen molar-refractivity contribution in [2.45, 2.75) is 63.9 Å². The number of cyclic esters (lactones) is 1. The van der Waals surface area contributed by atoms with Gasteiger partial charge in [-0.2, -0.15) is 0 Å². The van der Waals surface area contributed by atoms with Crippen molar-refractivity contribution >= 4 is 11.7 Å². The van der Waals surface area contributed by atoms with Gasteiger partial charge in [0.2, 0.25) is 0 Å². The maximum absolute atomic E-state index is 12.7. The van der Waals surface area contributed by atoms with E-state index in [1.165, 1.54) is 5.56 Å². The third-order valence-electron chi connectivity index (χ3n) is 5.65. The van der Waals surface area contributed by atoms with Crippen molar-refractivity contribution in [3.63, 3.8) is 0 Å². The highest BCUT2D eigenvalue weighted by Gasteiger charge is 2.40. The van der Waals surface area contributed by atoms with Crippen LogP contribution in [0.3, 0.4) is 0 Å². The highest BCUT2D eigenvalue weighted by atomic mass is 16.6. The van der Waals surface area contributed by atoms with Gasteiger partial charge in [-0.15, -0.1) is 0 Å². The van der Waals surface area contributed by atoms with E-state index in [-0.39, 0.29) is 11.7 Å². The second-order valence-corrected chi connectivity index (χ2v) is 8.01. The topological polar surface area (TPSA) is 72.5 Å². The van der Waals surface area contributed by atoms with Crippen LogP contribution in [-0.2, 0) is 22.4 Å². The summed E-state index contributed by atoms with van der Waals surface area (Å²) >= 11 is 0. The van der Waals surface area contributed by atoms with Gasteiger partial charge in [-0.1, -0.05) is 55.8 Å². The molecule has 0 fully saturated rings. The number of benzene rings is 2. The Morgan fingerprint density at radius 3 is 2.45 bits per heavy atom. The molecule has 1 heterocycles. The van der Waals surface area contributed by atoms with Crippen molar-refractivity contribution < 1.29 is 14.6 Å². The summed E-state index contributed by atoms with van der Waals surface area (Å²) in [5.41, 5.74) is 8.74. The van der Waals surface area contributed by atoms with Crippen LogP contribution >= 0.6 is 0 Å². The van der Waals surface area contributed by atoms with Crippen molar-refractivity contribution in [3.05, 3.63) is 77.1 Å². The van der Waals surface area contributed by atoms with E-state index >= 15 is 0 Å². The molecule has 1 aliphatic rings. The molecule has 3 N–H and O–H groups in total. The molecule has 1 atom stereocenters. The number of aryl methyl sites for hydroxylation is 2. The Kier molecular flexibility index (Phi) is 6.97. The van der Waals surface area contributed by atoms with Crippen molar-refractivity contribution in [1.82, 2.24) is 0 Å². The predicted octanol–water partition coefficient (Wildman–Crippen LogP) is 5.52. The Balaban J connectivity index is 1.64. The molecule has 4 nitrogen and oxygen atoms in total. The van der Waals surface area contributed by atoms with E-state index in [1.54, 1.807) is 0 Å². The lowest BCUT2D eigenvalue weighted by Gasteiger charge is -2.37. The third-order valence-corrected chi connectivity index (χ3v) is 5.65. The molecule has 0 aromatic heterocycles. The van der Waals surface area contributed by atoms with Gasteiger partial charge in [-0.25, -0.2) is 4.79 Å². The smallest absolute Gasteiger partial charge is 0.337 e. The number of hydrogen-bond acceptors (Lipinski definition) is 4. The quantitative estimate of drug-likeness (QED) is 0.434. The van der Waals surface area contributed by atoms with Crippen LogP contribution in [0.1, 0.15) is 56.6 Å². The summed E-state index contributed by atoms with van der Waals surface area (Å²) in [6.45, 7) is 2.08. The second kappa shape index (κ2) is 9.64. The average Bonchev–Trinajstić information content (AvgIpc) is 2.70. The number of ether oxygens (including phenoxy) is 1. The van der Waals surface area contributed by atoms with Crippen LogP contribution in [0, 0.1) is 0 Å². The SMILES string of the molecule is CCC[C@@]1(CCc2ccccc2)CC(O)=C(CCCc2cccc(N)c2)C(=O)O1. The molecule has 0 bridgehead atoms. The standard InChI is InChI=1S/C25H31NO3/c1-2-15-25(16-14-19-8-4-3-5-9-19)18-23(27)22(24(28)29-25)13-7-11-20-10-6-12-21(26)17-20/h3-6,8-10,12,17,27H,2,7,11,13-16,18,26H2,1H3/t25-/m1/s1. The van der Waals surface area contributed by atoms with E-state index in [0.29, 0.717) is 18.4 Å². The van der Waals surface area contributed by atoms with Crippen molar-refractivity contribution in [1.29, 1.82) is 0 Å². The van der Waals surface area contributed by atoms with Crippen molar-refractivity contribution in [2.75, 3.05) is 5.73 Å². The van der Waals surface area contributed by atoms with E-state index in [2.05, 4.69) is 19.1 Å². The minimum atomic E-state index is -0.608.